The maximum absolute atomic E-state index is 13.8. The first-order valence-electron chi connectivity index (χ1n) is 15.1. The number of nitrogens with zero attached hydrogens (tertiary/aromatic N) is 2. The van der Waals surface area contributed by atoms with E-state index in [9.17, 15) is 22.8 Å². The summed E-state index contributed by atoms with van der Waals surface area (Å²) in [5.41, 5.74) is -2.96. The van der Waals surface area contributed by atoms with Crippen molar-refractivity contribution in [3.63, 3.8) is 0 Å². The topological polar surface area (TPSA) is 151 Å². The molecule has 1 aromatic rings. The highest BCUT2D eigenvalue weighted by Gasteiger charge is 2.62. The van der Waals surface area contributed by atoms with Gasteiger partial charge in [0.15, 0.2) is 6.23 Å². The number of rotatable bonds is 7. The van der Waals surface area contributed by atoms with Crippen molar-refractivity contribution in [1.82, 2.24) is 9.13 Å². The summed E-state index contributed by atoms with van der Waals surface area (Å²) in [6.07, 6.45) is -3.71. The van der Waals surface area contributed by atoms with Gasteiger partial charge in [-0.05, 0) is 49.9 Å². The van der Waals surface area contributed by atoms with Crippen molar-refractivity contribution in [2.75, 3.05) is 12.9 Å². The van der Waals surface area contributed by atoms with Crippen LogP contribution in [0.5, 0.6) is 0 Å². The van der Waals surface area contributed by atoms with Crippen LogP contribution in [0.3, 0.4) is 0 Å². The molecule has 0 spiro atoms. The molecule has 1 aromatic heterocycles. The third-order valence-corrected chi connectivity index (χ3v) is 18.9. The van der Waals surface area contributed by atoms with E-state index in [4.69, 9.17) is 26.6 Å². The Morgan fingerprint density at radius 3 is 1.95 bits per heavy atom. The third kappa shape index (κ3) is 7.16. The lowest BCUT2D eigenvalue weighted by molar-refractivity contribution is -0.0592. The molecule has 0 amide bonds. The second-order valence-electron chi connectivity index (χ2n) is 14.0. The van der Waals surface area contributed by atoms with Crippen LogP contribution in [0.15, 0.2) is 15.8 Å². The predicted octanol–water partition coefficient (Wildman–Crippen LogP) is 4.30. The van der Waals surface area contributed by atoms with Gasteiger partial charge in [-0.15, -0.1) is 0 Å². The Morgan fingerprint density at radius 1 is 0.977 bits per heavy atom. The normalized spacial score (nSPS) is 25.8. The second kappa shape index (κ2) is 12.9. The SMILES string of the molecule is Cc1cn([C@@H]2O[C@@H]3CO[Si](C(C)C)(C(C)C)O[Si](C(C)C)(C(C)C)O[C@H]3[C@H]2OS(C)(=O)=O)c(=O)n(C(=O)OC(C)(C)C)c1=O. The molecule has 2 aliphatic heterocycles. The van der Waals surface area contributed by atoms with Crippen LogP contribution in [0, 0.1) is 6.92 Å². The van der Waals surface area contributed by atoms with Crippen molar-refractivity contribution in [2.24, 2.45) is 0 Å². The fourth-order valence-corrected chi connectivity index (χ4v) is 17.8. The lowest BCUT2D eigenvalue weighted by Gasteiger charge is -2.51. The van der Waals surface area contributed by atoms with Gasteiger partial charge in [-0.25, -0.2) is 9.59 Å². The van der Waals surface area contributed by atoms with Gasteiger partial charge in [-0.3, -0.25) is 13.5 Å². The molecule has 16 heteroatoms. The summed E-state index contributed by atoms with van der Waals surface area (Å²) in [5, 5.41) is 0. The summed E-state index contributed by atoms with van der Waals surface area (Å²) in [6.45, 7) is 22.6. The number of aromatic nitrogens is 2. The van der Waals surface area contributed by atoms with Crippen molar-refractivity contribution in [3.8, 4) is 0 Å². The number of carbonyl (C=O) groups is 1. The Hall–Kier alpha value is -1.67. The minimum Gasteiger partial charge on any atom is -0.443 e. The second-order valence-corrected chi connectivity index (χ2v) is 24.5. The van der Waals surface area contributed by atoms with Crippen LogP contribution >= 0.6 is 0 Å². The highest BCUT2D eigenvalue weighted by molar-refractivity contribution is 7.86. The summed E-state index contributed by atoms with van der Waals surface area (Å²) in [7, 11) is -10.3. The molecule has 0 bridgehead atoms. The van der Waals surface area contributed by atoms with Crippen molar-refractivity contribution in [3.05, 3.63) is 32.6 Å². The molecule has 0 aliphatic carbocycles. The molecule has 2 aliphatic rings. The zero-order valence-electron chi connectivity index (χ0n) is 28.2. The molecule has 2 saturated heterocycles. The van der Waals surface area contributed by atoms with Crippen LogP contribution in [0.25, 0.3) is 0 Å². The molecule has 0 saturated carbocycles. The van der Waals surface area contributed by atoms with E-state index in [-0.39, 0.29) is 34.3 Å². The van der Waals surface area contributed by atoms with Crippen LogP contribution in [0.2, 0.25) is 22.2 Å². The van der Waals surface area contributed by atoms with Crippen molar-refractivity contribution in [1.29, 1.82) is 0 Å². The first kappa shape index (κ1) is 36.8. The number of carbonyl (C=O) groups excluding carboxylic acids is 1. The summed E-state index contributed by atoms with van der Waals surface area (Å²) < 4.78 is 65.0. The van der Waals surface area contributed by atoms with E-state index in [1.807, 2.05) is 27.7 Å². The van der Waals surface area contributed by atoms with E-state index in [1.54, 1.807) is 20.8 Å². The molecular weight excluding hydrogens is 629 g/mol. The van der Waals surface area contributed by atoms with Gasteiger partial charge in [0.2, 0.25) is 0 Å². The Labute approximate surface area is 262 Å². The molecule has 3 rings (SSSR count). The molecule has 0 aromatic carbocycles. The van der Waals surface area contributed by atoms with Crippen LogP contribution in [-0.4, -0.2) is 77.5 Å². The maximum Gasteiger partial charge on any atom is 0.425 e. The Bertz CT molecular complexity index is 1430. The van der Waals surface area contributed by atoms with Gasteiger partial charge in [0.25, 0.3) is 15.7 Å². The summed E-state index contributed by atoms with van der Waals surface area (Å²) in [5.74, 6) is 0. The molecule has 2 fully saturated rings. The average Bonchev–Trinajstić information content (AvgIpc) is 3.14. The minimum atomic E-state index is -4.12. The van der Waals surface area contributed by atoms with E-state index in [2.05, 4.69) is 27.7 Å². The van der Waals surface area contributed by atoms with E-state index in [0.717, 1.165) is 10.8 Å². The predicted molar refractivity (Wildman–Crippen MR) is 169 cm³/mol. The zero-order chi connectivity index (χ0) is 33.7. The van der Waals surface area contributed by atoms with Gasteiger partial charge in [-0.1, -0.05) is 55.4 Å². The van der Waals surface area contributed by atoms with E-state index in [0.29, 0.717) is 4.57 Å². The number of hydrogen-bond donors (Lipinski definition) is 0. The van der Waals surface area contributed by atoms with Gasteiger partial charge < -0.3 is 22.4 Å². The summed E-state index contributed by atoms with van der Waals surface area (Å²) >= 11 is 0. The lowest BCUT2D eigenvalue weighted by Crippen LogP contribution is -2.66. The van der Waals surface area contributed by atoms with Crippen LogP contribution in [0.1, 0.15) is 88.0 Å². The van der Waals surface area contributed by atoms with Crippen molar-refractivity contribution in [2.45, 2.75) is 135 Å². The summed E-state index contributed by atoms with van der Waals surface area (Å²) in [4.78, 5) is 39.8. The molecular formula is C28H50N2O11SSi2. The quantitative estimate of drug-likeness (QED) is 0.300. The third-order valence-electron chi connectivity index (χ3n) is 8.04. The Balaban J connectivity index is 2.28. The number of hydrogen-bond acceptors (Lipinski definition) is 11. The van der Waals surface area contributed by atoms with Crippen LogP contribution in [-0.2, 0) is 36.7 Å². The molecule has 0 N–H and O–H groups in total. The standard InChI is InChI=1S/C28H50N2O11SSi2/c1-16(2)43(17(3)4)36-15-21-22(40-44(41-43,18(5)6)19(7)8)23(39-42(13,34)35)25(37-21)29-14-20(9)24(31)30(26(29)32)27(33)38-28(10,11)12/h14,16-19,21-23,25H,15H2,1-13H3/t21-,22-,23-,25-/m1/s1. The van der Waals surface area contributed by atoms with Crippen molar-refractivity contribution < 1.29 is 39.8 Å². The molecule has 4 atom stereocenters. The van der Waals surface area contributed by atoms with Crippen LogP contribution in [0.4, 0.5) is 4.79 Å². The highest BCUT2D eigenvalue weighted by atomic mass is 32.2. The summed E-state index contributed by atoms with van der Waals surface area (Å²) in [6, 6.07) is 0. The van der Waals surface area contributed by atoms with Gasteiger partial charge in [0, 0.05) is 11.8 Å². The average molecular weight is 679 g/mol. The van der Waals surface area contributed by atoms with Crippen molar-refractivity contribution >= 4 is 33.3 Å². The molecule has 252 valence electrons. The minimum absolute atomic E-state index is 0.00647. The van der Waals surface area contributed by atoms with E-state index < -0.39 is 74.7 Å². The van der Waals surface area contributed by atoms with E-state index >= 15 is 0 Å². The number of aryl methyl sites for hydroxylation is 1. The highest BCUT2D eigenvalue weighted by Crippen LogP contribution is 2.48. The Kier molecular flexibility index (Phi) is 10.7. The maximum atomic E-state index is 13.8. The molecule has 44 heavy (non-hydrogen) atoms. The molecule has 13 nitrogen and oxygen atoms in total. The van der Waals surface area contributed by atoms with E-state index in [1.165, 1.54) is 13.1 Å². The molecule has 0 radical (unpaired) electrons. The fraction of sp³-hybridized carbons (Fsp3) is 0.821. The molecule has 0 unspecified atom stereocenters. The van der Waals surface area contributed by atoms with Gasteiger partial charge in [0.05, 0.1) is 12.9 Å². The smallest absolute Gasteiger partial charge is 0.425 e. The first-order chi connectivity index (χ1) is 20.0. The van der Waals surface area contributed by atoms with Gasteiger partial charge >= 0.3 is 28.9 Å². The molecule has 3 heterocycles. The van der Waals surface area contributed by atoms with Gasteiger partial charge in [0.1, 0.15) is 23.9 Å². The van der Waals surface area contributed by atoms with Crippen LogP contribution < -0.4 is 11.2 Å². The monoisotopic (exact) mass is 678 g/mol. The fourth-order valence-electron chi connectivity index (χ4n) is 6.00. The largest absolute Gasteiger partial charge is 0.443 e. The number of ether oxygens (including phenoxy) is 2. The lowest BCUT2D eigenvalue weighted by atomic mass is 10.1. The Morgan fingerprint density at radius 2 is 1.50 bits per heavy atom. The number of fused-ring (bicyclic) bond motifs is 1. The zero-order valence-corrected chi connectivity index (χ0v) is 31.0. The first-order valence-corrected chi connectivity index (χ1v) is 20.9. The van der Waals surface area contributed by atoms with Gasteiger partial charge in [-0.2, -0.15) is 13.0 Å².